The van der Waals surface area contributed by atoms with Gasteiger partial charge in [-0.3, -0.25) is 0 Å². The summed E-state index contributed by atoms with van der Waals surface area (Å²) in [6, 6.07) is 89.4. The van der Waals surface area contributed by atoms with Gasteiger partial charge in [-0.25, -0.2) is 0 Å². The lowest BCUT2D eigenvalue weighted by Crippen LogP contribution is -2.22. The lowest BCUT2D eigenvalue weighted by atomic mass is 9.74. The van der Waals surface area contributed by atoms with E-state index in [4.69, 9.17) is 0 Å². The quantitative estimate of drug-likeness (QED) is 0.145. The number of fused-ring (bicyclic) bond motifs is 7. The molecule has 0 saturated carbocycles. The predicted octanol–water partition coefficient (Wildman–Crippen LogP) is 17.0. The zero-order valence-corrected chi connectivity index (χ0v) is 35.0. The van der Waals surface area contributed by atoms with E-state index in [0.29, 0.717) is 0 Å². The second-order valence-electron chi connectivity index (χ2n) is 16.9. The zero-order chi connectivity index (χ0) is 41.9. The Hall–Kier alpha value is -8.00. The Labute approximate surface area is 368 Å². The Morgan fingerprint density at radius 3 is 1.49 bits per heavy atom. The third kappa shape index (κ3) is 5.85. The Morgan fingerprint density at radius 2 is 0.794 bits per heavy atom. The third-order valence-electron chi connectivity index (χ3n) is 13.5. The van der Waals surface area contributed by atoms with E-state index in [-0.39, 0.29) is 5.41 Å². The Balaban J connectivity index is 1.17. The van der Waals surface area contributed by atoms with E-state index >= 15 is 0 Å². The van der Waals surface area contributed by atoms with Crippen molar-refractivity contribution in [2.45, 2.75) is 12.3 Å². The molecule has 63 heavy (non-hydrogen) atoms. The van der Waals surface area contributed by atoms with Gasteiger partial charge in [0.25, 0.3) is 0 Å². The van der Waals surface area contributed by atoms with Crippen LogP contribution in [0.2, 0.25) is 0 Å². The van der Waals surface area contributed by atoms with Crippen LogP contribution in [0.5, 0.6) is 0 Å². The van der Waals surface area contributed by atoms with Crippen molar-refractivity contribution in [3.63, 3.8) is 0 Å². The number of rotatable bonds is 7. The fourth-order valence-corrected chi connectivity index (χ4v) is 10.6. The summed E-state index contributed by atoms with van der Waals surface area (Å²) in [4.78, 5) is 2.50. The lowest BCUT2D eigenvalue weighted by Gasteiger charge is -2.30. The van der Waals surface area contributed by atoms with E-state index in [2.05, 4.69) is 254 Å². The highest BCUT2D eigenvalue weighted by molar-refractivity contribution is 6.22. The SMILES string of the molecule is CC1(c2ccccc2)c2ccccc2-c2cc(N(c3ccc4c(c3)c(-c3ccccc3)c(-c3ccccc3)c3ccccc34)c3ccc(-c4ccccc4)c4ccccc34)ccc21. The molecule has 296 valence electrons. The number of hydrogen-bond donors (Lipinski definition) is 0. The molecule has 0 heterocycles. The highest BCUT2D eigenvalue weighted by Crippen LogP contribution is 2.55. The molecule has 1 unspecified atom stereocenters. The van der Waals surface area contributed by atoms with Gasteiger partial charge in [-0.05, 0) is 125 Å². The molecule has 0 bridgehead atoms. The van der Waals surface area contributed by atoms with Gasteiger partial charge < -0.3 is 4.90 Å². The smallest absolute Gasteiger partial charge is 0.0540 e. The standard InChI is InChI=1S/C62H43N/c1-62(45-26-12-5-13-27-45)57-33-19-18-30-52(57)55-40-47(35-38-58(55)62)63(59-39-37-48(42-20-6-2-7-21-42)49-28-14-16-31-53(49)59)46-34-36-51-50-29-15-17-32-54(50)60(43-22-8-3-9-23-43)61(56(51)41-46)44-24-10-4-11-25-44/h2-41H,1H3. The van der Waals surface area contributed by atoms with Gasteiger partial charge in [0.1, 0.15) is 0 Å². The van der Waals surface area contributed by atoms with Crippen LogP contribution in [0.25, 0.3) is 76.8 Å². The molecule has 12 rings (SSSR count). The summed E-state index contributed by atoms with van der Waals surface area (Å²) in [5.41, 5.74) is 16.9. The third-order valence-corrected chi connectivity index (χ3v) is 13.5. The van der Waals surface area contributed by atoms with Gasteiger partial charge in [-0.1, -0.05) is 212 Å². The van der Waals surface area contributed by atoms with Crippen molar-refractivity contribution in [3.05, 3.63) is 259 Å². The molecule has 1 aliphatic rings. The minimum atomic E-state index is -0.289. The van der Waals surface area contributed by atoms with Gasteiger partial charge >= 0.3 is 0 Å². The Bertz CT molecular complexity index is 3500. The van der Waals surface area contributed by atoms with Crippen LogP contribution in [-0.2, 0) is 5.41 Å². The summed E-state index contributed by atoms with van der Waals surface area (Å²) in [7, 11) is 0. The van der Waals surface area contributed by atoms with Gasteiger partial charge in [-0.15, -0.1) is 0 Å². The van der Waals surface area contributed by atoms with Crippen LogP contribution in [0.15, 0.2) is 243 Å². The molecule has 1 aliphatic carbocycles. The summed E-state index contributed by atoms with van der Waals surface area (Å²) >= 11 is 0. The van der Waals surface area contributed by atoms with Gasteiger partial charge in [0.2, 0.25) is 0 Å². The highest BCUT2D eigenvalue weighted by atomic mass is 15.1. The maximum absolute atomic E-state index is 2.50. The molecule has 0 N–H and O–H groups in total. The molecule has 0 aliphatic heterocycles. The fraction of sp³-hybridized carbons (Fsp3) is 0.0323. The van der Waals surface area contributed by atoms with Crippen molar-refractivity contribution < 1.29 is 0 Å². The van der Waals surface area contributed by atoms with Crippen LogP contribution in [0.4, 0.5) is 17.1 Å². The van der Waals surface area contributed by atoms with E-state index in [9.17, 15) is 0 Å². The van der Waals surface area contributed by atoms with Gasteiger partial charge in [0.15, 0.2) is 0 Å². The van der Waals surface area contributed by atoms with E-state index < -0.39 is 0 Å². The molecule has 11 aromatic carbocycles. The van der Waals surface area contributed by atoms with E-state index in [1.165, 1.54) is 93.5 Å². The second kappa shape index (κ2) is 14.9. The molecule has 0 aromatic heterocycles. The minimum Gasteiger partial charge on any atom is -0.310 e. The molecule has 0 saturated heterocycles. The van der Waals surface area contributed by atoms with Crippen LogP contribution in [-0.4, -0.2) is 0 Å². The molecule has 0 fully saturated rings. The minimum absolute atomic E-state index is 0.289. The van der Waals surface area contributed by atoms with Crippen molar-refractivity contribution in [1.82, 2.24) is 0 Å². The summed E-state index contributed by atoms with van der Waals surface area (Å²) in [6.07, 6.45) is 0. The predicted molar refractivity (Wildman–Crippen MR) is 267 cm³/mol. The summed E-state index contributed by atoms with van der Waals surface area (Å²) in [6.45, 7) is 2.39. The first-order valence-electron chi connectivity index (χ1n) is 21.9. The van der Waals surface area contributed by atoms with Crippen molar-refractivity contribution in [2.24, 2.45) is 0 Å². The average Bonchev–Trinajstić information content (AvgIpc) is 3.62. The van der Waals surface area contributed by atoms with Crippen LogP contribution in [0, 0.1) is 0 Å². The second-order valence-corrected chi connectivity index (χ2v) is 16.9. The average molecular weight is 802 g/mol. The summed E-state index contributed by atoms with van der Waals surface area (Å²) < 4.78 is 0. The molecule has 1 heteroatoms. The van der Waals surface area contributed by atoms with Crippen LogP contribution >= 0.6 is 0 Å². The molecular weight excluding hydrogens is 759 g/mol. The first-order chi connectivity index (χ1) is 31.2. The topological polar surface area (TPSA) is 3.24 Å². The Morgan fingerprint density at radius 1 is 0.302 bits per heavy atom. The van der Waals surface area contributed by atoms with Crippen molar-refractivity contribution in [2.75, 3.05) is 4.90 Å². The maximum Gasteiger partial charge on any atom is 0.0540 e. The van der Waals surface area contributed by atoms with E-state index in [0.717, 1.165) is 17.1 Å². The van der Waals surface area contributed by atoms with Gasteiger partial charge in [0.05, 0.1) is 5.69 Å². The molecule has 0 amide bonds. The van der Waals surface area contributed by atoms with Gasteiger partial charge in [-0.2, -0.15) is 0 Å². The zero-order valence-electron chi connectivity index (χ0n) is 35.0. The van der Waals surface area contributed by atoms with E-state index in [1.54, 1.807) is 0 Å². The van der Waals surface area contributed by atoms with Crippen LogP contribution in [0.3, 0.4) is 0 Å². The Kier molecular flexibility index (Phi) is 8.69. The van der Waals surface area contributed by atoms with Gasteiger partial charge in [0, 0.05) is 22.2 Å². The number of benzene rings is 11. The van der Waals surface area contributed by atoms with Crippen LogP contribution in [0.1, 0.15) is 23.6 Å². The first-order valence-corrected chi connectivity index (χ1v) is 21.9. The molecular formula is C62H43N. The molecule has 1 atom stereocenters. The van der Waals surface area contributed by atoms with Crippen molar-refractivity contribution in [3.8, 4) is 44.5 Å². The summed E-state index contributed by atoms with van der Waals surface area (Å²) in [5, 5.41) is 7.36. The normalized spacial score (nSPS) is 14.2. The number of nitrogens with zero attached hydrogens (tertiary/aromatic N) is 1. The van der Waals surface area contributed by atoms with E-state index in [1.807, 2.05) is 0 Å². The highest BCUT2D eigenvalue weighted by Gasteiger charge is 2.41. The monoisotopic (exact) mass is 801 g/mol. The molecule has 0 radical (unpaired) electrons. The fourth-order valence-electron chi connectivity index (χ4n) is 10.6. The summed E-state index contributed by atoms with van der Waals surface area (Å²) in [5.74, 6) is 0. The molecule has 1 nitrogen and oxygen atoms in total. The number of anilines is 3. The lowest BCUT2D eigenvalue weighted by molar-refractivity contribution is 0.714. The molecule has 11 aromatic rings. The molecule has 0 spiro atoms. The first kappa shape index (κ1) is 36.8. The van der Waals surface area contributed by atoms with Crippen LogP contribution < -0.4 is 4.90 Å². The largest absolute Gasteiger partial charge is 0.310 e. The van der Waals surface area contributed by atoms with Crippen molar-refractivity contribution >= 4 is 49.4 Å². The number of hydrogen-bond acceptors (Lipinski definition) is 1. The van der Waals surface area contributed by atoms with Crippen molar-refractivity contribution in [1.29, 1.82) is 0 Å². The maximum atomic E-state index is 2.50.